The molecule has 3 nitrogen and oxygen atoms in total. The molecule has 1 aromatic rings. The zero-order valence-corrected chi connectivity index (χ0v) is 8.07. The van der Waals surface area contributed by atoms with Crippen LogP contribution in [-0.4, -0.2) is 16.6 Å². The Morgan fingerprint density at radius 3 is 2.62 bits per heavy atom. The van der Waals surface area contributed by atoms with Gasteiger partial charge in [0.15, 0.2) is 5.75 Å². The molecule has 0 unspecified atom stereocenters. The number of unbranched alkanes of at least 4 members (excludes halogenated alkanes) is 3. The van der Waals surface area contributed by atoms with Gasteiger partial charge in [0.05, 0.1) is 19.0 Å². The zero-order valence-electron chi connectivity index (χ0n) is 8.07. The van der Waals surface area contributed by atoms with Gasteiger partial charge in [0.1, 0.15) is 6.33 Å². The van der Waals surface area contributed by atoms with Crippen LogP contribution in [0, 0.1) is 0 Å². The number of ether oxygens (including phenoxy) is 1. The van der Waals surface area contributed by atoms with Crippen molar-refractivity contribution in [3.8, 4) is 5.75 Å². The van der Waals surface area contributed by atoms with Gasteiger partial charge in [0, 0.05) is 0 Å². The average Bonchev–Trinajstić information content (AvgIpc) is 2.19. The highest BCUT2D eigenvalue weighted by Gasteiger charge is 1.92. The number of hydrogen-bond acceptors (Lipinski definition) is 3. The van der Waals surface area contributed by atoms with E-state index in [0.717, 1.165) is 18.8 Å². The molecule has 0 radical (unpaired) electrons. The van der Waals surface area contributed by atoms with E-state index in [1.165, 1.54) is 25.6 Å². The highest BCUT2D eigenvalue weighted by Crippen LogP contribution is 2.06. The van der Waals surface area contributed by atoms with Crippen LogP contribution in [0.15, 0.2) is 18.7 Å². The number of hydrogen-bond donors (Lipinski definition) is 0. The first kappa shape index (κ1) is 9.96. The minimum absolute atomic E-state index is 0.763. The lowest BCUT2D eigenvalue weighted by Gasteiger charge is -2.03. The minimum Gasteiger partial charge on any atom is -0.490 e. The maximum absolute atomic E-state index is 5.43. The van der Waals surface area contributed by atoms with Gasteiger partial charge in [-0.1, -0.05) is 26.2 Å². The average molecular weight is 180 g/mol. The molecule has 0 atom stereocenters. The summed E-state index contributed by atoms with van der Waals surface area (Å²) in [6.07, 6.45) is 9.78. The highest BCUT2D eigenvalue weighted by atomic mass is 16.5. The number of nitrogens with zero attached hydrogens (tertiary/aromatic N) is 2. The molecule has 0 aromatic carbocycles. The molecule has 13 heavy (non-hydrogen) atoms. The van der Waals surface area contributed by atoms with Crippen LogP contribution in [0.4, 0.5) is 0 Å². The summed E-state index contributed by atoms with van der Waals surface area (Å²) >= 11 is 0. The van der Waals surface area contributed by atoms with Crippen LogP contribution in [0.5, 0.6) is 5.75 Å². The monoisotopic (exact) mass is 180 g/mol. The van der Waals surface area contributed by atoms with Crippen LogP contribution in [0.2, 0.25) is 0 Å². The summed E-state index contributed by atoms with van der Waals surface area (Å²) < 4.78 is 5.43. The first-order valence-electron chi connectivity index (χ1n) is 4.81. The molecule has 0 aliphatic carbocycles. The van der Waals surface area contributed by atoms with Crippen molar-refractivity contribution < 1.29 is 4.74 Å². The van der Waals surface area contributed by atoms with E-state index in [9.17, 15) is 0 Å². The Morgan fingerprint density at radius 2 is 1.92 bits per heavy atom. The summed E-state index contributed by atoms with van der Waals surface area (Å²) in [5.74, 6) is 0.763. The van der Waals surface area contributed by atoms with E-state index in [1.807, 2.05) is 0 Å². The largest absolute Gasteiger partial charge is 0.490 e. The van der Waals surface area contributed by atoms with Crippen LogP contribution >= 0.6 is 0 Å². The van der Waals surface area contributed by atoms with E-state index in [-0.39, 0.29) is 0 Å². The molecule has 1 rings (SSSR count). The van der Waals surface area contributed by atoms with Crippen LogP contribution in [0.1, 0.15) is 32.6 Å². The second-order valence-corrected chi connectivity index (χ2v) is 2.98. The first-order valence-corrected chi connectivity index (χ1v) is 4.81. The molecular weight excluding hydrogens is 164 g/mol. The minimum atomic E-state index is 0.763. The van der Waals surface area contributed by atoms with Crippen LogP contribution < -0.4 is 4.74 Å². The summed E-state index contributed by atoms with van der Waals surface area (Å²) in [6, 6.07) is 0. The van der Waals surface area contributed by atoms with Gasteiger partial charge in [-0.3, -0.25) is 0 Å². The molecule has 0 bridgehead atoms. The molecule has 0 aliphatic heterocycles. The molecule has 0 amide bonds. The van der Waals surface area contributed by atoms with Gasteiger partial charge in [-0.15, -0.1) is 0 Å². The van der Waals surface area contributed by atoms with Crippen molar-refractivity contribution >= 4 is 0 Å². The molecule has 0 spiro atoms. The Hall–Kier alpha value is -1.12. The van der Waals surface area contributed by atoms with Crippen LogP contribution in [0.3, 0.4) is 0 Å². The van der Waals surface area contributed by atoms with Crippen molar-refractivity contribution in [1.82, 2.24) is 9.97 Å². The molecule has 3 heteroatoms. The summed E-state index contributed by atoms with van der Waals surface area (Å²) in [7, 11) is 0. The topological polar surface area (TPSA) is 35.0 Å². The quantitative estimate of drug-likeness (QED) is 0.631. The van der Waals surface area contributed by atoms with Crippen molar-refractivity contribution in [3.63, 3.8) is 0 Å². The van der Waals surface area contributed by atoms with Gasteiger partial charge in [-0.25, -0.2) is 9.97 Å². The molecule has 0 N–H and O–H groups in total. The fourth-order valence-corrected chi connectivity index (χ4v) is 1.08. The van der Waals surface area contributed by atoms with Gasteiger partial charge in [-0.05, 0) is 6.42 Å². The summed E-state index contributed by atoms with van der Waals surface area (Å²) in [4.78, 5) is 7.73. The Balaban J connectivity index is 2.07. The molecule has 0 aliphatic rings. The van der Waals surface area contributed by atoms with E-state index >= 15 is 0 Å². The van der Waals surface area contributed by atoms with Crippen LogP contribution in [-0.2, 0) is 0 Å². The van der Waals surface area contributed by atoms with Gasteiger partial charge >= 0.3 is 0 Å². The Kier molecular flexibility index (Phi) is 4.91. The molecular formula is C10H16N2O. The Bertz CT molecular complexity index is 213. The first-order chi connectivity index (χ1) is 6.43. The maximum Gasteiger partial charge on any atom is 0.155 e. The SMILES string of the molecule is CCCCCCOc1cncnc1. The van der Waals surface area contributed by atoms with Gasteiger partial charge in [-0.2, -0.15) is 0 Å². The van der Waals surface area contributed by atoms with Crippen molar-refractivity contribution in [2.45, 2.75) is 32.6 Å². The maximum atomic E-state index is 5.43. The van der Waals surface area contributed by atoms with E-state index in [2.05, 4.69) is 16.9 Å². The lowest BCUT2D eigenvalue weighted by Crippen LogP contribution is -1.97. The van der Waals surface area contributed by atoms with Gasteiger partial charge in [0.2, 0.25) is 0 Å². The lowest BCUT2D eigenvalue weighted by atomic mass is 10.2. The third kappa shape index (κ3) is 4.45. The molecule has 1 aromatic heterocycles. The third-order valence-corrected chi connectivity index (χ3v) is 1.80. The van der Waals surface area contributed by atoms with Crippen LogP contribution in [0.25, 0.3) is 0 Å². The molecule has 1 heterocycles. The second-order valence-electron chi connectivity index (χ2n) is 2.98. The van der Waals surface area contributed by atoms with E-state index in [1.54, 1.807) is 12.4 Å². The molecule has 0 fully saturated rings. The summed E-state index contributed by atoms with van der Waals surface area (Å²) in [5.41, 5.74) is 0. The Morgan fingerprint density at radius 1 is 1.15 bits per heavy atom. The predicted octanol–water partition coefficient (Wildman–Crippen LogP) is 2.44. The zero-order chi connectivity index (χ0) is 9.36. The fraction of sp³-hybridized carbons (Fsp3) is 0.600. The number of rotatable bonds is 6. The molecule has 0 saturated heterocycles. The summed E-state index contributed by atoms with van der Waals surface area (Å²) in [6.45, 7) is 2.97. The standard InChI is InChI=1S/C10H16N2O/c1-2-3-4-5-6-13-10-7-11-9-12-8-10/h7-9H,2-6H2,1H3. The van der Waals surface area contributed by atoms with Gasteiger partial charge < -0.3 is 4.74 Å². The van der Waals surface area contributed by atoms with Crippen molar-refractivity contribution in [3.05, 3.63) is 18.7 Å². The lowest BCUT2D eigenvalue weighted by molar-refractivity contribution is 0.302. The van der Waals surface area contributed by atoms with E-state index in [4.69, 9.17) is 4.74 Å². The van der Waals surface area contributed by atoms with E-state index in [0.29, 0.717) is 0 Å². The van der Waals surface area contributed by atoms with Crippen molar-refractivity contribution in [2.24, 2.45) is 0 Å². The second kappa shape index (κ2) is 6.40. The highest BCUT2D eigenvalue weighted by molar-refractivity contribution is 5.09. The Labute approximate surface area is 79.2 Å². The smallest absolute Gasteiger partial charge is 0.155 e. The third-order valence-electron chi connectivity index (χ3n) is 1.80. The predicted molar refractivity (Wildman–Crippen MR) is 51.7 cm³/mol. The van der Waals surface area contributed by atoms with Crippen molar-refractivity contribution in [2.75, 3.05) is 6.61 Å². The van der Waals surface area contributed by atoms with Crippen molar-refractivity contribution in [1.29, 1.82) is 0 Å². The molecule has 72 valence electrons. The van der Waals surface area contributed by atoms with Gasteiger partial charge in [0.25, 0.3) is 0 Å². The molecule has 0 saturated carbocycles. The van der Waals surface area contributed by atoms with E-state index < -0.39 is 0 Å². The fourth-order valence-electron chi connectivity index (χ4n) is 1.08. The number of aromatic nitrogens is 2. The summed E-state index contributed by atoms with van der Waals surface area (Å²) in [5, 5.41) is 0. The normalized spacial score (nSPS) is 9.92.